The first kappa shape index (κ1) is 12.3. The summed E-state index contributed by atoms with van der Waals surface area (Å²) in [5.41, 5.74) is 0. The van der Waals surface area contributed by atoms with E-state index in [1.165, 1.54) is 0 Å². The second kappa shape index (κ2) is 4.53. The number of allylic oxidation sites excluding steroid dienone is 1. The summed E-state index contributed by atoms with van der Waals surface area (Å²) in [5, 5.41) is 0. The summed E-state index contributed by atoms with van der Waals surface area (Å²) in [7, 11) is 0. The van der Waals surface area contributed by atoms with Crippen LogP contribution in [0.2, 0.25) is 0 Å². The van der Waals surface area contributed by atoms with E-state index in [1.807, 2.05) is 0 Å². The van der Waals surface area contributed by atoms with E-state index < -0.39 is 31.1 Å². The molecular formula is C7H8F6. The van der Waals surface area contributed by atoms with Crippen molar-refractivity contribution in [1.82, 2.24) is 0 Å². The number of halogens is 6. The van der Waals surface area contributed by atoms with E-state index in [2.05, 4.69) is 6.58 Å². The van der Waals surface area contributed by atoms with Crippen LogP contribution in [-0.4, -0.2) is 24.7 Å². The van der Waals surface area contributed by atoms with E-state index in [-0.39, 0.29) is 0 Å². The third-order valence-electron chi connectivity index (χ3n) is 1.30. The smallest absolute Gasteiger partial charge is 0.244 e. The molecule has 6 heteroatoms. The van der Waals surface area contributed by atoms with Crippen molar-refractivity contribution in [2.75, 3.05) is 0 Å². The largest absolute Gasteiger partial charge is 0.392 e. The second-order valence-corrected chi connectivity index (χ2v) is 2.46. The van der Waals surface area contributed by atoms with E-state index in [1.54, 1.807) is 0 Å². The lowest BCUT2D eigenvalue weighted by atomic mass is 10.1. The third-order valence-corrected chi connectivity index (χ3v) is 1.30. The van der Waals surface area contributed by atoms with Crippen molar-refractivity contribution < 1.29 is 26.3 Å². The summed E-state index contributed by atoms with van der Waals surface area (Å²) in [6.45, 7) is 2.80. The zero-order chi connectivity index (χ0) is 10.6. The van der Waals surface area contributed by atoms with E-state index in [0.29, 0.717) is 6.08 Å². The Labute approximate surface area is 71.2 Å². The maximum absolute atomic E-state index is 12.4. The van der Waals surface area contributed by atoms with Gasteiger partial charge in [0.05, 0.1) is 6.42 Å². The zero-order valence-electron chi connectivity index (χ0n) is 6.49. The van der Waals surface area contributed by atoms with Crippen LogP contribution in [0.25, 0.3) is 0 Å². The third kappa shape index (κ3) is 4.80. The van der Waals surface area contributed by atoms with E-state index in [4.69, 9.17) is 0 Å². The molecule has 0 aliphatic rings. The average molecular weight is 206 g/mol. The highest BCUT2D eigenvalue weighted by atomic mass is 19.4. The van der Waals surface area contributed by atoms with Crippen LogP contribution in [0.1, 0.15) is 6.42 Å². The highest BCUT2D eigenvalue weighted by Gasteiger charge is 2.38. The van der Waals surface area contributed by atoms with Crippen LogP contribution >= 0.6 is 0 Å². The Kier molecular flexibility index (Phi) is 4.29. The van der Waals surface area contributed by atoms with Gasteiger partial charge < -0.3 is 0 Å². The second-order valence-electron chi connectivity index (χ2n) is 2.46. The number of hydrogen-bond donors (Lipinski definition) is 0. The molecule has 0 radical (unpaired) electrons. The van der Waals surface area contributed by atoms with Crippen molar-refractivity contribution in [3.63, 3.8) is 0 Å². The summed E-state index contributed by atoms with van der Waals surface area (Å²) in [5.74, 6) is 0. The predicted octanol–water partition coefficient (Wildman–Crippen LogP) is 3.14. The van der Waals surface area contributed by atoms with Crippen molar-refractivity contribution in [3.8, 4) is 0 Å². The summed E-state index contributed by atoms with van der Waals surface area (Å²) >= 11 is 0. The van der Waals surface area contributed by atoms with Gasteiger partial charge in [-0.1, -0.05) is 6.08 Å². The molecule has 3 atom stereocenters. The zero-order valence-corrected chi connectivity index (χ0v) is 6.49. The molecule has 0 N–H and O–H groups in total. The van der Waals surface area contributed by atoms with Crippen LogP contribution in [0.15, 0.2) is 12.7 Å². The molecule has 0 bridgehead atoms. The van der Waals surface area contributed by atoms with Gasteiger partial charge >= 0.3 is 6.18 Å². The van der Waals surface area contributed by atoms with Gasteiger partial charge in [-0.3, -0.25) is 0 Å². The van der Waals surface area contributed by atoms with Crippen molar-refractivity contribution in [3.05, 3.63) is 12.7 Å². The summed E-state index contributed by atoms with van der Waals surface area (Å²) in [4.78, 5) is 0. The van der Waals surface area contributed by atoms with Crippen molar-refractivity contribution in [1.29, 1.82) is 0 Å². The molecule has 0 aromatic carbocycles. The van der Waals surface area contributed by atoms with Gasteiger partial charge in [-0.15, -0.1) is 6.58 Å². The van der Waals surface area contributed by atoms with Gasteiger partial charge in [0.2, 0.25) is 0 Å². The van der Waals surface area contributed by atoms with Crippen LogP contribution < -0.4 is 0 Å². The topological polar surface area (TPSA) is 0 Å². The monoisotopic (exact) mass is 206 g/mol. The van der Waals surface area contributed by atoms with Gasteiger partial charge in [0.15, 0.2) is 12.3 Å². The minimum Gasteiger partial charge on any atom is -0.244 e. The predicted molar refractivity (Wildman–Crippen MR) is 35.6 cm³/mol. The van der Waals surface area contributed by atoms with E-state index in [9.17, 15) is 26.3 Å². The molecule has 0 saturated carbocycles. The van der Waals surface area contributed by atoms with Crippen LogP contribution in [0.4, 0.5) is 26.3 Å². The number of rotatable bonds is 4. The highest BCUT2D eigenvalue weighted by molar-refractivity contribution is 4.89. The molecule has 0 amide bonds. The first-order valence-electron chi connectivity index (χ1n) is 3.39. The minimum absolute atomic E-state index is 0.424. The van der Waals surface area contributed by atoms with Gasteiger partial charge in [-0.2, -0.15) is 13.2 Å². The fourth-order valence-corrected chi connectivity index (χ4v) is 0.663. The molecule has 78 valence electrons. The molecule has 13 heavy (non-hydrogen) atoms. The molecule has 3 unspecified atom stereocenters. The van der Waals surface area contributed by atoms with Crippen LogP contribution in [0, 0.1) is 0 Å². The molecule has 0 aliphatic heterocycles. The maximum atomic E-state index is 12.4. The van der Waals surface area contributed by atoms with E-state index in [0.717, 1.165) is 0 Å². The molecule has 0 rings (SSSR count). The summed E-state index contributed by atoms with van der Waals surface area (Å²) in [6.07, 6.45) is -14.5. The molecular weight excluding hydrogens is 198 g/mol. The lowest BCUT2D eigenvalue weighted by Crippen LogP contribution is -2.30. The molecule has 0 spiro atoms. The first-order chi connectivity index (χ1) is 5.78. The normalized spacial score (nSPS) is 19.2. The van der Waals surface area contributed by atoms with Crippen LogP contribution in [0.3, 0.4) is 0 Å². The average Bonchev–Trinajstić information content (AvgIpc) is 1.98. The SMILES string of the molecule is C=CC(F)C(F)C(F)CC(F)(F)F. The number of alkyl halides is 6. The Morgan fingerprint density at radius 2 is 1.62 bits per heavy atom. The molecule has 0 saturated heterocycles. The van der Waals surface area contributed by atoms with Gasteiger partial charge in [0, 0.05) is 0 Å². The van der Waals surface area contributed by atoms with Gasteiger partial charge in [-0.25, -0.2) is 13.2 Å². The summed E-state index contributed by atoms with van der Waals surface area (Å²) in [6, 6.07) is 0. The van der Waals surface area contributed by atoms with Gasteiger partial charge in [0.25, 0.3) is 0 Å². The maximum Gasteiger partial charge on any atom is 0.392 e. The Hall–Kier alpha value is -0.680. The van der Waals surface area contributed by atoms with Crippen LogP contribution in [0.5, 0.6) is 0 Å². The van der Waals surface area contributed by atoms with Crippen molar-refractivity contribution in [2.45, 2.75) is 31.1 Å². The fraction of sp³-hybridized carbons (Fsp3) is 0.714. The molecule has 0 heterocycles. The molecule has 0 aliphatic carbocycles. The number of hydrogen-bond acceptors (Lipinski definition) is 0. The molecule has 0 aromatic rings. The Morgan fingerprint density at radius 1 is 1.15 bits per heavy atom. The van der Waals surface area contributed by atoms with Gasteiger partial charge in [-0.05, 0) is 0 Å². The lowest BCUT2D eigenvalue weighted by molar-refractivity contribution is -0.152. The lowest BCUT2D eigenvalue weighted by Gasteiger charge is -2.16. The fourth-order valence-electron chi connectivity index (χ4n) is 0.663. The van der Waals surface area contributed by atoms with Gasteiger partial charge in [0.1, 0.15) is 6.17 Å². The van der Waals surface area contributed by atoms with E-state index >= 15 is 0 Å². The van der Waals surface area contributed by atoms with Crippen LogP contribution in [-0.2, 0) is 0 Å². The highest BCUT2D eigenvalue weighted by Crippen LogP contribution is 2.27. The first-order valence-corrected chi connectivity index (χ1v) is 3.39. The van der Waals surface area contributed by atoms with Crippen molar-refractivity contribution in [2.24, 2.45) is 0 Å². The molecule has 0 nitrogen and oxygen atoms in total. The Bertz CT molecular complexity index is 163. The molecule has 0 aromatic heterocycles. The quantitative estimate of drug-likeness (QED) is 0.489. The standard InChI is InChI=1S/C7H8F6/c1-2-4(8)6(10)5(9)3-7(11,12)13/h2,4-6H,1,3H2. The summed E-state index contributed by atoms with van der Waals surface area (Å²) < 4.78 is 71.4. The van der Waals surface area contributed by atoms with Crippen molar-refractivity contribution >= 4 is 0 Å². The Morgan fingerprint density at radius 3 is 1.92 bits per heavy atom. The minimum atomic E-state index is -4.83. The Balaban J connectivity index is 4.10. The molecule has 0 fully saturated rings.